The van der Waals surface area contributed by atoms with Crippen LogP contribution in [-0.2, 0) is 12.8 Å². The maximum Gasteiger partial charge on any atom is 0.345 e. The fourth-order valence-electron chi connectivity index (χ4n) is 4.25. The van der Waals surface area contributed by atoms with Crippen LogP contribution in [0, 0.1) is 0 Å². The lowest BCUT2D eigenvalue weighted by Gasteiger charge is -2.22. The number of rotatable bonds is 3. The molecule has 1 heterocycles. The van der Waals surface area contributed by atoms with Gasteiger partial charge in [0.25, 0.3) is 0 Å². The molecule has 0 unspecified atom stereocenters. The van der Waals surface area contributed by atoms with Crippen LogP contribution >= 0.6 is 0 Å². The topological polar surface area (TPSA) is 45.8 Å². The molecule has 0 spiro atoms. The van der Waals surface area contributed by atoms with Crippen molar-refractivity contribution in [3.05, 3.63) is 79.9 Å². The zero-order valence-corrected chi connectivity index (χ0v) is 15.9. The fraction of sp³-hybridized carbons (Fsp3) is 0.333. The highest BCUT2D eigenvalue weighted by molar-refractivity contribution is 5.73. The summed E-state index contributed by atoms with van der Waals surface area (Å²) >= 11 is 0. The molecule has 1 N–H and O–H groups in total. The molecular formula is C24H26N2O. The first-order valence-electron chi connectivity index (χ1n) is 10.0. The molecule has 0 atom stereocenters. The average Bonchev–Trinajstić information content (AvgIpc) is 2.67. The number of nitrogens with one attached hydrogen (secondary N) is 1. The van der Waals surface area contributed by atoms with Gasteiger partial charge in [0.05, 0.1) is 5.69 Å². The second-order valence-electron chi connectivity index (χ2n) is 7.32. The molecule has 0 saturated carbocycles. The number of H-pyrrole nitrogens is 1. The van der Waals surface area contributed by atoms with Gasteiger partial charge in [0.15, 0.2) is 0 Å². The number of aromatic amines is 1. The number of aromatic nitrogens is 2. The number of allylic oxidation sites excluding steroid dienone is 4. The fourth-order valence-corrected chi connectivity index (χ4v) is 4.25. The van der Waals surface area contributed by atoms with E-state index >= 15 is 0 Å². The van der Waals surface area contributed by atoms with Gasteiger partial charge in [-0.15, -0.1) is 0 Å². The summed E-state index contributed by atoms with van der Waals surface area (Å²) in [7, 11) is 0. The van der Waals surface area contributed by atoms with Gasteiger partial charge in [0, 0.05) is 17.0 Å². The molecule has 4 rings (SSSR count). The number of benzene rings is 1. The van der Waals surface area contributed by atoms with Gasteiger partial charge in [-0.25, -0.2) is 4.79 Å². The molecule has 0 fully saturated rings. The van der Waals surface area contributed by atoms with E-state index in [0.29, 0.717) is 0 Å². The Bertz CT molecular complexity index is 1090. The molecule has 2 aliphatic rings. The summed E-state index contributed by atoms with van der Waals surface area (Å²) in [6.07, 6.45) is 15.6. The zero-order chi connectivity index (χ0) is 18.6. The van der Waals surface area contributed by atoms with E-state index in [1.54, 1.807) is 0 Å². The third kappa shape index (κ3) is 3.73. The number of nitrogens with zero attached hydrogens (tertiary/aromatic N) is 1. The van der Waals surface area contributed by atoms with Crippen molar-refractivity contribution in [2.75, 3.05) is 0 Å². The van der Waals surface area contributed by atoms with Gasteiger partial charge in [-0.05, 0) is 55.2 Å². The third-order valence-corrected chi connectivity index (χ3v) is 5.61. The first-order chi connectivity index (χ1) is 13.3. The molecule has 0 amide bonds. The Morgan fingerprint density at radius 1 is 1.19 bits per heavy atom. The predicted molar refractivity (Wildman–Crippen MR) is 112 cm³/mol. The van der Waals surface area contributed by atoms with Crippen molar-refractivity contribution in [3.8, 4) is 0 Å². The van der Waals surface area contributed by atoms with E-state index in [-0.39, 0.29) is 5.69 Å². The molecule has 138 valence electrons. The van der Waals surface area contributed by atoms with Crippen LogP contribution in [0.15, 0.2) is 46.8 Å². The van der Waals surface area contributed by atoms with Crippen LogP contribution in [0.3, 0.4) is 0 Å². The van der Waals surface area contributed by atoms with E-state index in [1.165, 1.54) is 28.7 Å². The van der Waals surface area contributed by atoms with Crippen molar-refractivity contribution in [1.82, 2.24) is 9.97 Å². The van der Waals surface area contributed by atoms with E-state index in [4.69, 9.17) is 0 Å². The van der Waals surface area contributed by atoms with Crippen LogP contribution in [-0.4, -0.2) is 9.97 Å². The predicted octanol–water partition coefficient (Wildman–Crippen LogP) is 3.42. The smallest absolute Gasteiger partial charge is 0.306 e. The van der Waals surface area contributed by atoms with Crippen molar-refractivity contribution in [1.29, 1.82) is 0 Å². The molecule has 3 nitrogen and oxygen atoms in total. The Balaban J connectivity index is 1.85. The summed E-state index contributed by atoms with van der Waals surface area (Å²) in [6.45, 7) is 2.21. The van der Waals surface area contributed by atoms with Crippen LogP contribution in [0.25, 0.3) is 17.7 Å². The number of fused-ring (bicyclic) bond motifs is 2. The van der Waals surface area contributed by atoms with Gasteiger partial charge in [0.1, 0.15) is 0 Å². The van der Waals surface area contributed by atoms with Crippen molar-refractivity contribution in [2.24, 2.45) is 0 Å². The molecule has 0 bridgehead atoms. The normalized spacial score (nSPS) is 17.7. The second kappa shape index (κ2) is 7.91. The summed E-state index contributed by atoms with van der Waals surface area (Å²) in [6, 6.07) is 8.76. The van der Waals surface area contributed by atoms with Gasteiger partial charge < -0.3 is 4.98 Å². The van der Waals surface area contributed by atoms with Gasteiger partial charge in [0.2, 0.25) is 0 Å². The molecule has 3 heteroatoms. The van der Waals surface area contributed by atoms with Gasteiger partial charge >= 0.3 is 5.69 Å². The highest BCUT2D eigenvalue weighted by Crippen LogP contribution is 2.34. The largest absolute Gasteiger partial charge is 0.345 e. The van der Waals surface area contributed by atoms with Crippen molar-refractivity contribution in [2.45, 2.75) is 51.9 Å². The van der Waals surface area contributed by atoms with E-state index in [2.05, 4.69) is 65.5 Å². The molecule has 27 heavy (non-hydrogen) atoms. The number of aryl methyl sites for hydroxylation is 1. The highest BCUT2D eigenvalue weighted by atomic mass is 16.1. The van der Waals surface area contributed by atoms with Crippen molar-refractivity contribution >= 4 is 17.7 Å². The molecule has 2 aliphatic carbocycles. The van der Waals surface area contributed by atoms with Gasteiger partial charge in [-0.3, -0.25) is 0 Å². The maximum atomic E-state index is 12.2. The van der Waals surface area contributed by atoms with Crippen LogP contribution in [0.5, 0.6) is 0 Å². The minimum Gasteiger partial charge on any atom is -0.306 e. The second-order valence-corrected chi connectivity index (χ2v) is 7.32. The quantitative estimate of drug-likeness (QED) is 0.914. The Morgan fingerprint density at radius 3 is 2.96 bits per heavy atom. The molecule has 2 aromatic rings. The minimum atomic E-state index is -0.248. The van der Waals surface area contributed by atoms with Crippen molar-refractivity contribution < 1.29 is 0 Å². The highest BCUT2D eigenvalue weighted by Gasteiger charge is 2.17. The summed E-state index contributed by atoms with van der Waals surface area (Å²) in [4.78, 5) is 19.5. The molecule has 0 saturated heterocycles. The van der Waals surface area contributed by atoms with Crippen LogP contribution < -0.4 is 16.3 Å². The number of hydrogen-bond donors (Lipinski definition) is 1. The van der Waals surface area contributed by atoms with E-state index in [1.807, 2.05) is 0 Å². The minimum absolute atomic E-state index is 0.248. The van der Waals surface area contributed by atoms with E-state index in [0.717, 1.165) is 54.8 Å². The van der Waals surface area contributed by atoms with Crippen LogP contribution in [0.2, 0.25) is 0 Å². The summed E-state index contributed by atoms with van der Waals surface area (Å²) < 4.78 is 0. The van der Waals surface area contributed by atoms with E-state index < -0.39 is 0 Å². The lowest BCUT2D eigenvalue weighted by atomic mass is 9.83. The Hall–Kier alpha value is -2.68. The number of hydrogen-bond acceptors (Lipinski definition) is 2. The standard InChI is InChI=1S/C24H26N2O/c1-2-17(19-14-9-11-18-10-7-8-12-20(18)19)16-23-21-13-5-3-4-6-15-22(21)25-24(27)26-23/h3,5,7-8,10,12-13,15H,2,4,6,9,11,14,16H2,1H3,(H,25,27). The molecule has 1 aromatic carbocycles. The lowest BCUT2D eigenvalue weighted by molar-refractivity contribution is 0.805. The molecule has 0 radical (unpaired) electrons. The first kappa shape index (κ1) is 17.7. The lowest BCUT2D eigenvalue weighted by Crippen LogP contribution is -2.40. The van der Waals surface area contributed by atoms with Crippen LogP contribution in [0.4, 0.5) is 0 Å². The Labute approximate surface area is 159 Å². The van der Waals surface area contributed by atoms with Gasteiger partial charge in [-0.1, -0.05) is 61.1 Å². The zero-order valence-electron chi connectivity index (χ0n) is 15.9. The molecular weight excluding hydrogens is 332 g/mol. The summed E-state index contributed by atoms with van der Waals surface area (Å²) in [5.74, 6) is 0. The Morgan fingerprint density at radius 2 is 2.07 bits per heavy atom. The monoisotopic (exact) mass is 358 g/mol. The Kier molecular flexibility index (Phi) is 5.19. The maximum absolute atomic E-state index is 12.2. The van der Waals surface area contributed by atoms with E-state index in [9.17, 15) is 4.79 Å². The average molecular weight is 358 g/mol. The SMILES string of the molecule is CCC(Cc1nc(=O)[nH]c2c1=CC=CCCC=2)=C1CCCc2ccccc21. The first-order valence-corrected chi connectivity index (χ1v) is 10.0. The molecule has 0 aliphatic heterocycles. The van der Waals surface area contributed by atoms with Crippen LogP contribution in [0.1, 0.15) is 55.8 Å². The summed E-state index contributed by atoms with van der Waals surface area (Å²) in [5.41, 5.74) is 6.35. The molecule has 1 aromatic heterocycles. The van der Waals surface area contributed by atoms with Gasteiger partial charge in [-0.2, -0.15) is 4.98 Å². The third-order valence-electron chi connectivity index (χ3n) is 5.61. The summed E-state index contributed by atoms with van der Waals surface area (Å²) in [5, 5.41) is 1.97. The van der Waals surface area contributed by atoms with Crippen molar-refractivity contribution in [3.63, 3.8) is 0 Å².